The molecule has 0 unspecified atom stereocenters. The Morgan fingerprint density at radius 3 is 2.69 bits per heavy atom. The molecule has 7 nitrogen and oxygen atoms in total. The van der Waals surface area contributed by atoms with Crippen molar-refractivity contribution in [2.24, 2.45) is 10.2 Å². The summed E-state index contributed by atoms with van der Waals surface area (Å²) >= 11 is 6.00. The maximum atomic E-state index is 12.2. The summed E-state index contributed by atoms with van der Waals surface area (Å²) in [7, 11) is 1.51. The number of carbonyl (C=O) groups excluding carboxylic acids is 1. The Kier molecular flexibility index (Phi) is 5.50. The van der Waals surface area contributed by atoms with Crippen molar-refractivity contribution in [2.75, 3.05) is 12.4 Å². The molecule has 1 amide bonds. The van der Waals surface area contributed by atoms with Crippen molar-refractivity contribution in [3.8, 4) is 5.75 Å². The van der Waals surface area contributed by atoms with Crippen molar-refractivity contribution < 1.29 is 9.53 Å². The maximum Gasteiger partial charge on any atom is 0.274 e. The summed E-state index contributed by atoms with van der Waals surface area (Å²) in [5.74, 6) is 0.142. The van der Waals surface area contributed by atoms with Crippen LogP contribution < -0.4 is 10.1 Å². The van der Waals surface area contributed by atoms with Crippen LogP contribution in [0.1, 0.15) is 10.5 Å². The number of methoxy groups -OCH3 is 1. The molecule has 2 aromatic heterocycles. The Hall–Kier alpha value is -3.32. The predicted octanol–water partition coefficient (Wildman–Crippen LogP) is 4.81. The molecule has 130 valence electrons. The first kappa shape index (κ1) is 17.5. The summed E-state index contributed by atoms with van der Waals surface area (Å²) in [6, 6.07) is 11.8. The number of benzene rings is 1. The highest BCUT2D eigenvalue weighted by atomic mass is 35.5. The van der Waals surface area contributed by atoms with Crippen LogP contribution in [0, 0.1) is 0 Å². The Morgan fingerprint density at radius 2 is 1.96 bits per heavy atom. The van der Waals surface area contributed by atoms with Gasteiger partial charge in [-0.3, -0.25) is 14.8 Å². The van der Waals surface area contributed by atoms with Crippen molar-refractivity contribution >= 4 is 34.6 Å². The van der Waals surface area contributed by atoms with Crippen molar-refractivity contribution in [1.29, 1.82) is 0 Å². The molecule has 3 aromatic rings. The molecule has 8 heteroatoms. The van der Waals surface area contributed by atoms with Crippen LogP contribution >= 0.6 is 11.6 Å². The average Bonchev–Trinajstić information content (AvgIpc) is 2.68. The fourth-order valence-corrected chi connectivity index (χ4v) is 2.24. The molecule has 0 atom stereocenters. The number of carbonyl (C=O) groups is 1. The van der Waals surface area contributed by atoms with Crippen LogP contribution in [0.15, 0.2) is 71.3 Å². The number of hydrogen-bond acceptors (Lipinski definition) is 6. The van der Waals surface area contributed by atoms with Gasteiger partial charge in [0.25, 0.3) is 5.91 Å². The minimum atomic E-state index is -0.314. The third-order valence-corrected chi connectivity index (χ3v) is 3.64. The highest BCUT2D eigenvalue weighted by molar-refractivity contribution is 6.32. The molecule has 0 radical (unpaired) electrons. The minimum absolute atomic E-state index is 0.314. The van der Waals surface area contributed by atoms with E-state index in [-0.39, 0.29) is 5.91 Å². The van der Waals surface area contributed by atoms with E-state index in [1.54, 1.807) is 54.9 Å². The molecule has 1 N–H and O–H groups in total. The summed E-state index contributed by atoms with van der Waals surface area (Å²) in [5, 5.41) is 11.4. The van der Waals surface area contributed by atoms with Crippen LogP contribution in [0.3, 0.4) is 0 Å². The summed E-state index contributed by atoms with van der Waals surface area (Å²) in [4.78, 5) is 20.1. The molecule has 0 aliphatic heterocycles. The Balaban J connectivity index is 1.80. The van der Waals surface area contributed by atoms with E-state index in [0.29, 0.717) is 33.5 Å². The lowest BCUT2D eigenvalue weighted by atomic mass is 10.2. The third kappa shape index (κ3) is 4.20. The minimum Gasteiger partial charge on any atom is -0.494 e. The van der Waals surface area contributed by atoms with Gasteiger partial charge in [0.2, 0.25) is 0 Å². The first-order chi connectivity index (χ1) is 12.7. The molecular formula is C18H14ClN5O2. The van der Waals surface area contributed by atoms with Crippen molar-refractivity contribution in [3.63, 3.8) is 0 Å². The summed E-state index contributed by atoms with van der Waals surface area (Å²) in [6.07, 6.45) is 4.63. The standard InChI is InChI=1S/C18H14ClN5O2/c1-26-17-10-12(22-18(25)16-4-2-3-8-21-16)5-6-15(17)24-23-14-7-9-20-11-13(14)19/h2-11H,1H3,(H,22,25)/b24-23+. The lowest BCUT2D eigenvalue weighted by Gasteiger charge is -2.08. The van der Waals surface area contributed by atoms with Gasteiger partial charge in [-0.2, -0.15) is 0 Å². The number of amides is 1. The van der Waals surface area contributed by atoms with E-state index in [1.807, 2.05) is 0 Å². The topological polar surface area (TPSA) is 88.8 Å². The molecule has 1 aromatic carbocycles. The van der Waals surface area contributed by atoms with Crippen LogP contribution in [-0.4, -0.2) is 23.0 Å². The second-order valence-corrected chi connectivity index (χ2v) is 5.49. The second-order valence-electron chi connectivity index (χ2n) is 5.08. The molecular weight excluding hydrogens is 354 g/mol. The van der Waals surface area contributed by atoms with E-state index in [0.717, 1.165) is 0 Å². The van der Waals surface area contributed by atoms with Gasteiger partial charge in [0, 0.05) is 30.3 Å². The quantitative estimate of drug-likeness (QED) is 0.655. The summed E-state index contributed by atoms with van der Waals surface area (Å²) < 4.78 is 5.33. The zero-order chi connectivity index (χ0) is 18.4. The molecule has 0 spiro atoms. The summed E-state index contributed by atoms with van der Waals surface area (Å²) in [6.45, 7) is 0. The maximum absolute atomic E-state index is 12.2. The van der Waals surface area contributed by atoms with Gasteiger partial charge in [0.15, 0.2) is 0 Å². The Morgan fingerprint density at radius 1 is 1.12 bits per heavy atom. The Bertz CT molecular complexity index is 947. The summed E-state index contributed by atoms with van der Waals surface area (Å²) in [5.41, 5.74) is 1.87. The van der Waals surface area contributed by atoms with Gasteiger partial charge in [-0.05, 0) is 30.3 Å². The largest absolute Gasteiger partial charge is 0.494 e. The lowest BCUT2D eigenvalue weighted by molar-refractivity contribution is 0.102. The van der Waals surface area contributed by atoms with Gasteiger partial charge >= 0.3 is 0 Å². The predicted molar refractivity (Wildman–Crippen MR) is 98.6 cm³/mol. The number of rotatable bonds is 5. The van der Waals surface area contributed by atoms with Crippen LogP contribution in [0.4, 0.5) is 17.1 Å². The number of azo groups is 1. The van der Waals surface area contributed by atoms with E-state index in [1.165, 1.54) is 13.3 Å². The van der Waals surface area contributed by atoms with E-state index >= 15 is 0 Å². The monoisotopic (exact) mass is 367 g/mol. The molecule has 0 aliphatic carbocycles. The Labute approximate surface area is 154 Å². The first-order valence-corrected chi connectivity index (χ1v) is 7.97. The van der Waals surface area contributed by atoms with Crippen LogP contribution in [-0.2, 0) is 0 Å². The highest BCUT2D eigenvalue weighted by Crippen LogP contribution is 2.33. The van der Waals surface area contributed by atoms with Crippen LogP contribution in [0.5, 0.6) is 5.75 Å². The molecule has 2 heterocycles. The van der Waals surface area contributed by atoms with Gasteiger partial charge in [-0.1, -0.05) is 17.7 Å². The van der Waals surface area contributed by atoms with Gasteiger partial charge < -0.3 is 10.1 Å². The van der Waals surface area contributed by atoms with E-state index in [4.69, 9.17) is 16.3 Å². The van der Waals surface area contributed by atoms with Gasteiger partial charge in [0.05, 0.1) is 12.1 Å². The number of ether oxygens (including phenoxy) is 1. The third-order valence-electron chi connectivity index (χ3n) is 3.35. The van der Waals surface area contributed by atoms with Gasteiger partial charge in [-0.15, -0.1) is 10.2 Å². The molecule has 0 aliphatic rings. The first-order valence-electron chi connectivity index (χ1n) is 7.59. The van der Waals surface area contributed by atoms with E-state index < -0.39 is 0 Å². The average molecular weight is 368 g/mol. The number of pyridine rings is 2. The van der Waals surface area contributed by atoms with E-state index in [9.17, 15) is 4.79 Å². The number of halogens is 1. The second kappa shape index (κ2) is 8.17. The normalized spacial score (nSPS) is 10.7. The van der Waals surface area contributed by atoms with Crippen LogP contribution in [0.25, 0.3) is 0 Å². The number of anilines is 1. The van der Waals surface area contributed by atoms with E-state index in [2.05, 4.69) is 25.5 Å². The van der Waals surface area contributed by atoms with Crippen molar-refractivity contribution in [2.45, 2.75) is 0 Å². The fourth-order valence-electron chi connectivity index (χ4n) is 2.09. The number of aromatic nitrogens is 2. The molecule has 0 saturated carbocycles. The van der Waals surface area contributed by atoms with Crippen LogP contribution in [0.2, 0.25) is 5.02 Å². The molecule has 26 heavy (non-hydrogen) atoms. The number of nitrogens with one attached hydrogen (secondary N) is 1. The SMILES string of the molecule is COc1cc(NC(=O)c2ccccn2)ccc1/N=N/c1ccncc1Cl. The molecule has 0 saturated heterocycles. The lowest BCUT2D eigenvalue weighted by Crippen LogP contribution is -2.13. The number of hydrogen-bond donors (Lipinski definition) is 1. The van der Waals surface area contributed by atoms with Gasteiger partial charge in [-0.25, -0.2) is 0 Å². The zero-order valence-corrected chi connectivity index (χ0v) is 14.5. The smallest absolute Gasteiger partial charge is 0.274 e. The molecule has 0 bridgehead atoms. The van der Waals surface area contributed by atoms with Crippen molar-refractivity contribution in [3.05, 3.63) is 71.8 Å². The van der Waals surface area contributed by atoms with Gasteiger partial charge in [0.1, 0.15) is 22.8 Å². The van der Waals surface area contributed by atoms with Crippen molar-refractivity contribution in [1.82, 2.24) is 9.97 Å². The zero-order valence-electron chi connectivity index (χ0n) is 13.8. The highest BCUT2D eigenvalue weighted by Gasteiger charge is 2.09. The fraction of sp³-hybridized carbons (Fsp3) is 0.0556. The molecule has 0 fully saturated rings. The molecule has 3 rings (SSSR count). The number of nitrogens with zero attached hydrogens (tertiary/aromatic N) is 4.